The summed E-state index contributed by atoms with van der Waals surface area (Å²) in [6.45, 7) is 2.69. The van der Waals surface area contributed by atoms with E-state index in [1.54, 1.807) is 6.92 Å². The summed E-state index contributed by atoms with van der Waals surface area (Å²) in [4.78, 5) is 31.7. The quantitative estimate of drug-likeness (QED) is 0.413. The second-order valence-corrected chi connectivity index (χ2v) is 7.05. The zero-order valence-electron chi connectivity index (χ0n) is 14.6. The molecule has 0 aromatic carbocycles. The van der Waals surface area contributed by atoms with Gasteiger partial charge < -0.3 is 15.8 Å². The van der Waals surface area contributed by atoms with Gasteiger partial charge >= 0.3 is 5.97 Å². The Kier molecular flexibility index (Phi) is 7.97. The number of thioether (sulfide) groups is 1. The van der Waals surface area contributed by atoms with Crippen molar-refractivity contribution in [3.05, 3.63) is 11.8 Å². The van der Waals surface area contributed by atoms with Crippen LogP contribution < -0.4 is 11.1 Å². The molecule has 1 aliphatic carbocycles. The van der Waals surface area contributed by atoms with Crippen molar-refractivity contribution in [3.63, 3.8) is 0 Å². The third-order valence-electron chi connectivity index (χ3n) is 4.22. The molecule has 0 saturated heterocycles. The SMILES string of the molecule is CCOC(=O)c1cnc(SCC(=O)NCCC2CCCCC2)nc1N. The fourth-order valence-electron chi connectivity index (χ4n) is 2.89. The highest BCUT2D eigenvalue weighted by Gasteiger charge is 2.15. The molecule has 1 heterocycles. The van der Waals surface area contributed by atoms with E-state index in [0.29, 0.717) is 5.16 Å². The molecule has 8 heteroatoms. The molecule has 1 aromatic rings. The molecule has 1 fully saturated rings. The molecule has 1 amide bonds. The Balaban J connectivity index is 1.71. The molecule has 0 atom stereocenters. The van der Waals surface area contributed by atoms with E-state index >= 15 is 0 Å². The van der Waals surface area contributed by atoms with E-state index in [1.807, 2.05) is 0 Å². The number of hydrogen-bond donors (Lipinski definition) is 2. The topological polar surface area (TPSA) is 107 Å². The van der Waals surface area contributed by atoms with Crippen LogP contribution in [0, 0.1) is 5.92 Å². The number of anilines is 1. The van der Waals surface area contributed by atoms with Crippen LogP contribution in [0.3, 0.4) is 0 Å². The van der Waals surface area contributed by atoms with Crippen LogP contribution in [-0.4, -0.2) is 40.7 Å². The first-order valence-electron chi connectivity index (χ1n) is 8.79. The minimum atomic E-state index is -0.544. The standard InChI is InChI=1S/C17H26N4O3S/c1-2-24-16(23)13-10-20-17(21-15(13)18)25-11-14(22)19-9-8-12-6-4-3-5-7-12/h10,12H,2-9,11H2,1H3,(H,19,22)(H2,18,20,21). The molecule has 1 aromatic heterocycles. The van der Waals surface area contributed by atoms with E-state index in [4.69, 9.17) is 10.5 Å². The average Bonchev–Trinajstić information content (AvgIpc) is 2.61. The lowest BCUT2D eigenvalue weighted by atomic mass is 9.87. The average molecular weight is 366 g/mol. The first-order valence-corrected chi connectivity index (χ1v) is 9.77. The Morgan fingerprint density at radius 3 is 2.80 bits per heavy atom. The van der Waals surface area contributed by atoms with Gasteiger partial charge in [-0.05, 0) is 19.3 Å². The summed E-state index contributed by atoms with van der Waals surface area (Å²) in [5, 5.41) is 3.31. The number of amides is 1. The van der Waals surface area contributed by atoms with Crippen LogP contribution in [0.15, 0.2) is 11.4 Å². The predicted molar refractivity (Wildman–Crippen MR) is 97.3 cm³/mol. The number of hydrogen-bond acceptors (Lipinski definition) is 7. The number of carbonyl (C=O) groups excluding carboxylic acids is 2. The maximum Gasteiger partial charge on any atom is 0.343 e. The van der Waals surface area contributed by atoms with Crippen molar-refractivity contribution in [2.75, 3.05) is 24.6 Å². The Labute approximate surface area is 152 Å². The lowest BCUT2D eigenvalue weighted by Crippen LogP contribution is -2.28. The van der Waals surface area contributed by atoms with Crippen LogP contribution in [0.2, 0.25) is 0 Å². The normalized spacial score (nSPS) is 14.9. The van der Waals surface area contributed by atoms with Crippen molar-refractivity contribution in [2.45, 2.75) is 50.6 Å². The van der Waals surface area contributed by atoms with Crippen molar-refractivity contribution in [3.8, 4) is 0 Å². The van der Waals surface area contributed by atoms with Gasteiger partial charge in [-0.2, -0.15) is 0 Å². The minimum Gasteiger partial charge on any atom is -0.462 e. The molecule has 0 radical (unpaired) electrons. The number of carbonyl (C=O) groups is 2. The molecular weight excluding hydrogens is 340 g/mol. The van der Waals surface area contributed by atoms with E-state index in [0.717, 1.165) is 18.9 Å². The maximum atomic E-state index is 11.9. The number of nitrogens with two attached hydrogens (primary N) is 1. The fourth-order valence-corrected chi connectivity index (χ4v) is 3.54. The monoisotopic (exact) mass is 366 g/mol. The maximum absolute atomic E-state index is 11.9. The van der Waals surface area contributed by atoms with Gasteiger partial charge in [0.15, 0.2) is 5.16 Å². The van der Waals surface area contributed by atoms with Crippen LogP contribution in [0.1, 0.15) is 55.8 Å². The van der Waals surface area contributed by atoms with Gasteiger partial charge in [0.1, 0.15) is 11.4 Å². The summed E-state index contributed by atoms with van der Waals surface area (Å²) in [6, 6.07) is 0. The van der Waals surface area contributed by atoms with Crippen LogP contribution in [0.5, 0.6) is 0 Å². The van der Waals surface area contributed by atoms with Crippen LogP contribution >= 0.6 is 11.8 Å². The molecular formula is C17H26N4O3S. The number of nitrogens with zero attached hydrogens (tertiary/aromatic N) is 2. The fraction of sp³-hybridized carbons (Fsp3) is 0.647. The smallest absolute Gasteiger partial charge is 0.343 e. The predicted octanol–water partition coefficient (Wildman–Crippen LogP) is 2.41. The molecule has 0 bridgehead atoms. The summed E-state index contributed by atoms with van der Waals surface area (Å²) in [5.74, 6) is 0.450. The van der Waals surface area contributed by atoms with Gasteiger partial charge in [0.2, 0.25) is 5.91 Å². The summed E-state index contributed by atoms with van der Waals surface area (Å²) < 4.78 is 4.87. The molecule has 1 aliphatic rings. The van der Waals surface area contributed by atoms with Crippen LogP contribution in [-0.2, 0) is 9.53 Å². The highest BCUT2D eigenvalue weighted by atomic mass is 32.2. The van der Waals surface area contributed by atoms with Gasteiger partial charge in [-0.1, -0.05) is 43.9 Å². The second kappa shape index (κ2) is 10.2. The van der Waals surface area contributed by atoms with E-state index in [9.17, 15) is 9.59 Å². The molecule has 0 unspecified atom stereocenters. The zero-order chi connectivity index (χ0) is 18.1. The summed E-state index contributed by atoms with van der Waals surface area (Å²) in [7, 11) is 0. The number of ether oxygens (including phenoxy) is 1. The number of nitrogens with one attached hydrogen (secondary N) is 1. The third kappa shape index (κ3) is 6.53. The number of aromatic nitrogens is 2. The van der Waals surface area contributed by atoms with E-state index < -0.39 is 5.97 Å². The molecule has 3 N–H and O–H groups in total. The highest BCUT2D eigenvalue weighted by molar-refractivity contribution is 7.99. The van der Waals surface area contributed by atoms with Crippen LogP contribution in [0.25, 0.3) is 0 Å². The zero-order valence-corrected chi connectivity index (χ0v) is 15.4. The van der Waals surface area contributed by atoms with Crippen molar-refractivity contribution in [1.29, 1.82) is 0 Å². The number of rotatable bonds is 8. The molecule has 1 saturated carbocycles. The van der Waals surface area contributed by atoms with Gasteiger partial charge in [-0.25, -0.2) is 14.8 Å². The minimum absolute atomic E-state index is 0.0440. The summed E-state index contributed by atoms with van der Waals surface area (Å²) >= 11 is 1.20. The first kappa shape index (κ1) is 19.5. The summed E-state index contributed by atoms with van der Waals surface area (Å²) in [6.07, 6.45) is 8.93. The van der Waals surface area contributed by atoms with Gasteiger partial charge in [-0.3, -0.25) is 4.79 Å². The highest BCUT2D eigenvalue weighted by Crippen LogP contribution is 2.25. The Hall–Kier alpha value is -1.83. The third-order valence-corrected chi connectivity index (χ3v) is 5.08. The Morgan fingerprint density at radius 1 is 1.36 bits per heavy atom. The molecule has 0 aliphatic heterocycles. The molecule has 7 nitrogen and oxygen atoms in total. The van der Waals surface area contributed by atoms with Gasteiger partial charge in [-0.15, -0.1) is 0 Å². The lowest BCUT2D eigenvalue weighted by molar-refractivity contribution is -0.118. The van der Waals surface area contributed by atoms with Crippen molar-refractivity contribution >= 4 is 29.5 Å². The Morgan fingerprint density at radius 2 is 2.12 bits per heavy atom. The number of esters is 1. The van der Waals surface area contributed by atoms with Crippen LogP contribution in [0.4, 0.5) is 5.82 Å². The largest absolute Gasteiger partial charge is 0.462 e. The van der Waals surface area contributed by atoms with Crippen molar-refractivity contribution < 1.29 is 14.3 Å². The van der Waals surface area contributed by atoms with E-state index in [-0.39, 0.29) is 29.6 Å². The molecule has 0 spiro atoms. The van der Waals surface area contributed by atoms with E-state index in [1.165, 1.54) is 50.1 Å². The van der Waals surface area contributed by atoms with Crippen molar-refractivity contribution in [1.82, 2.24) is 15.3 Å². The molecule has 25 heavy (non-hydrogen) atoms. The van der Waals surface area contributed by atoms with Gasteiger partial charge in [0, 0.05) is 12.7 Å². The molecule has 138 valence electrons. The van der Waals surface area contributed by atoms with Gasteiger partial charge in [0.25, 0.3) is 0 Å². The summed E-state index contributed by atoms with van der Waals surface area (Å²) in [5.41, 5.74) is 5.90. The number of nitrogen functional groups attached to an aromatic ring is 1. The van der Waals surface area contributed by atoms with Crippen molar-refractivity contribution in [2.24, 2.45) is 5.92 Å². The van der Waals surface area contributed by atoms with Gasteiger partial charge in [0.05, 0.1) is 12.4 Å². The first-order chi connectivity index (χ1) is 12.1. The lowest BCUT2D eigenvalue weighted by Gasteiger charge is -2.21. The Bertz CT molecular complexity index is 591. The second-order valence-electron chi connectivity index (χ2n) is 6.10. The van der Waals surface area contributed by atoms with E-state index in [2.05, 4.69) is 15.3 Å². The molecule has 2 rings (SSSR count).